The van der Waals surface area contributed by atoms with Gasteiger partial charge in [-0.15, -0.1) is 21.5 Å². The van der Waals surface area contributed by atoms with E-state index in [1.165, 1.54) is 11.1 Å². The molecule has 144 valence electrons. The quantitative estimate of drug-likeness (QED) is 0.352. The highest BCUT2D eigenvalue weighted by Gasteiger charge is 2.16. The number of hydrogen-bond donors (Lipinski definition) is 0. The van der Waals surface area contributed by atoms with Crippen molar-refractivity contribution in [3.8, 4) is 10.7 Å². The second kappa shape index (κ2) is 7.85. The number of hydrogen-bond acceptors (Lipinski definition) is 5. The van der Waals surface area contributed by atoms with E-state index in [1.54, 1.807) is 23.1 Å². The lowest BCUT2D eigenvalue weighted by Crippen LogP contribution is -2.03. The Labute approximate surface area is 177 Å². The standard InChI is InChI=1S/C22H19N5S2/c1-16-7-5-11-26-14-18(23-20(16)26)15-29-22-25-24-21(19-10-6-12-28-19)27(22)13-17-8-3-2-4-9-17/h2-12,14H,13,15H2,1H3. The van der Waals surface area contributed by atoms with E-state index in [-0.39, 0.29) is 0 Å². The predicted octanol–water partition coefficient (Wildman–Crippen LogP) is 5.30. The first-order valence-electron chi connectivity index (χ1n) is 9.35. The van der Waals surface area contributed by atoms with Crippen LogP contribution in [0.1, 0.15) is 16.8 Å². The monoisotopic (exact) mass is 417 g/mol. The van der Waals surface area contributed by atoms with E-state index in [9.17, 15) is 0 Å². The molecule has 0 aliphatic heterocycles. The smallest absolute Gasteiger partial charge is 0.192 e. The number of fused-ring (bicyclic) bond motifs is 1. The third kappa shape index (κ3) is 3.71. The van der Waals surface area contributed by atoms with Crippen LogP contribution in [0, 0.1) is 6.92 Å². The number of imidazole rings is 1. The van der Waals surface area contributed by atoms with Gasteiger partial charge in [0.25, 0.3) is 0 Å². The van der Waals surface area contributed by atoms with Crippen LogP contribution in [-0.2, 0) is 12.3 Å². The summed E-state index contributed by atoms with van der Waals surface area (Å²) < 4.78 is 4.28. The van der Waals surface area contributed by atoms with E-state index >= 15 is 0 Å². The molecule has 5 nitrogen and oxygen atoms in total. The second-order valence-electron chi connectivity index (χ2n) is 6.80. The summed E-state index contributed by atoms with van der Waals surface area (Å²) in [4.78, 5) is 5.91. The lowest BCUT2D eigenvalue weighted by atomic mass is 10.2. The van der Waals surface area contributed by atoms with Gasteiger partial charge < -0.3 is 4.40 Å². The molecule has 1 aromatic carbocycles. The van der Waals surface area contributed by atoms with Gasteiger partial charge in [0.2, 0.25) is 0 Å². The number of aromatic nitrogens is 5. The molecule has 29 heavy (non-hydrogen) atoms. The van der Waals surface area contributed by atoms with E-state index in [0.29, 0.717) is 0 Å². The lowest BCUT2D eigenvalue weighted by Gasteiger charge is -2.09. The molecule has 0 fully saturated rings. The minimum atomic E-state index is 0.744. The van der Waals surface area contributed by atoms with Crippen molar-refractivity contribution in [1.82, 2.24) is 24.1 Å². The number of pyridine rings is 1. The van der Waals surface area contributed by atoms with Crippen molar-refractivity contribution in [1.29, 1.82) is 0 Å². The zero-order valence-corrected chi connectivity index (χ0v) is 17.5. The molecular formula is C22H19N5S2. The molecule has 5 aromatic rings. The van der Waals surface area contributed by atoms with E-state index in [1.807, 2.05) is 24.4 Å². The summed E-state index contributed by atoms with van der Waals surface area (Å²) in [5.41, 5.74) is 4.45. The van der Waals surface area contributed by atoms with Crippen molar-refractivity contribution in [3.05, 3.63) is 89.2 Å². The van der Waals surface area contributed by atoms with Crippen molar-refractivity contribution in [2.45, 2.75) is 24.4 Å². The third-order valence-corrected chi connectivity index (χ3v) is 6.58. The molecule has 0 N–H and O–H groups in total. The average molecular weight is 418 g/mol. The molecule has 0 unspecified atom stereocenters. The van der Waals surface area contributed by atoms with Gasteiger partial charge in [0.15, 0.2) is 11.0 Å². The summed E-state index contributed by atoms with van der Waals surface area (Å²) in [7, 11) is 0. The summed E-state index contributed by atoms with van der Waals surface area (Å²) in [5.74, 6) is 1.66. The minimum absolute atomic E-state index is 0.744. The van der Waals surface area contributed by atoms with Crippen LogP contribution in [0.25, 0.3) is 16.3 Å². The van der Waals surface area contributed by atoms with Gasteiger partial charge in [-0.25, -0.2) is 4.98 Å². The minimum Gasteiger partial charge on any atom is -0.307 e. The Balaban J connectivity index is 1.45. The Kier molecular flexibility index (Phi) is 4.91. The number of rotatable bonds is 6. The fourth-order valence-electron chi connectivity index (χ4n) is 3.30. The average Bonchev–Trinajstić information content (AvgIpc) is 3.47. The highest BCUT2D eigenvalue weighted by molar-refractivity contribution is 7.98. The Morgan fingerprint density at radius 3 is 2.69 bits per heavy atom. The number of benzene rings is 1. The van der Waals surface area contributed by atoms with Gasteiger partial charge in [-0.1, -0.05) is 54.2 Å². The molecule has 0 aliphatic carbocycles. The molecule has 0 radical (unpaired) electrons. The first-order valence-corrected chi connectivity index (χ1v) is 11.2. The zero-order valence-electron chi connectivity index (χ0n) is 15.9. The number of thioether (sulfide) groups is 1. The molecule has 5 rings (SSSR count). The van der Waals surface area contributed by atoms with Crippen molar-refractivity contribution in [3.63, 3.8) is 0 Å². The molecule has 4 heterocycles. The van der Waals surface area contributed by atoms with Crippen LogP contribution in [-0.4, -0.2) is 24.1 Å². The maximum absolute atomic E-state index is 4.78. The Morgan fingerprint density at radius 2 is 1.90 bits per heavy atom. The lowest BCUT2D eigenvalue weighted by molar-refractivity contribution is 0.715. The SMILES string of the molecule is Cc1cccn2cc(CSc3nnc(-c4cccs4)n3Cc3ccccc3)nc12. The molecule has 0 atom stereocenters. The van der Waals surface area contributed by atoms with Gasteiger partial charge in [-0.2, -0.15) is 0 Å². The van der Waals surface area contributed by atoms with Gasteiger partial charge in [0.1, 0.15) is 5.65 Å². The van der Waals surface area contributed by atoms with Crippen molar-refractivity contribution in [2.75, 3.05) is 0 Å². The summed E-state index contributed by atoms with van der Waals surface area (Å²) in [6.07, 6.45) is 4.13. The molecular weight excluding hydrogens is 398 g/mol. The van der Waals surface area contributed by atoms with Crippen LogP contribution < -0.4 is 0 Å². The van der Waals surface area contributed by atoms with Crippen molar-refractivity contribution < 1.29 is 0 Å². The number of thiophene rings is 1. The molecule has 4 aromatic heterocycles. The van der Waals surface area contributed by atoms with E-state index in [0.717, 1.165) is 39.5 Å². The van der Waals surface area contributed by atoms with Crippen LogP contribution in [0.4, 0.5) is 0 Å². The highest BCUT2D eigenvalue weighted by atomic mass is 32.2. The summed E-state index contributed by atoms with van der Waals surface area (Å²) in [6.45, 7) is 2.83. The van der Waals surface area contributed by atoms with E-state index in [4.69, 9.17) is 4.98 Å². The fraction of sp³-hybridized carbons (Fsp3) is 0.136. The summed E-state index contributed by atoms with van der Waals surface area (Å²) >= 11 is 3.36. The largest absolute Gasteiger partial charge is 0.307 e. The Hall–Kier alpha value is -2.90. The third-order valence-electron chi connectivity index (χ3n) is 4.72. The van der Waals surface area contributed by atoms with Crippen LogP contribution in [0.3, 0.4) is 0 Å². The topological polar surface area (TPSA) is 48.0 Å². The summed E-state index contributed by atoms with van der Waals surface area (Å²) in [6, 6.07) is 18.7. The molecule has 0 saturated carbocycles. The zero-order chi connectivity index (χ0) is 19.6. The number of aryl methyl sites for hydroxylation is 1. The fourth-order valence-corrected chi connectivity index (χ4v) is 4.84. The number of nitrogens with zero attached hydrogens (tertiary/aromatic N) is 5. The highest BCUT2D eigenvalue weighted by Crippen LogP contribution is 2.29. The van der Waals surface area contributed by atoms with E-state index < -0.39 is 0 Å². The van der Waals surface area contributed by atoms with Crippen LogP contribution in [0.15, 0.2) is 77.5 Å². The van der Waals surface area contributed by atoms with Gasteiger partial charge >= 0.3 is 0 Å². The van der Waals surface area contributed by atoms with Gasteiger partial charge in [0.05, 0.1) is 17.1 Å². The molecule has 0 spiro atoms. The molecule has 0 aliphatic rings. The van der Waals surface area contributed by atoms with Crippen molar-refractivity contribution in [2.24, 2.45) is 0 Å². The first kappa shape index (κ1) is 18.1. The maximum atomic E-state index is 4.78. The van der Waals surface area contributed by atoms with Gasteiger partial charge in [-0.05, 0) is 35.6 Å². The van der Waals surface area contributed by atoms with Crippen LogP contribution in [0.2, 0.25) is 0 Å². The molecule has 7 heteroatoms. The first-order chi connectivity index (χ1) is 14.3. The predicted molar refractivity (Wildman–Crippen MR) is 118 cm³/mol. The second-order valence-corrected chi connectivity index (χ2v) is 8.69. The Bertz CT molecular complexity index is 1240. The normalized spacial score (nSPS) is 11.3. The van der Waals surface area contributed by atoms with Crippen LogP contribution in [0.5, 0.6) is 0 Å². The van der Waals surface area contributed by atoms with Gasteiger partial charge in [0, 0.05) is 18.1 Å². The van der Waals surface area contributed by atoms with E-state index in [2.05, 4.69) is 74.1 Å². The van der Waals surface area contributed by atoms with Crippen molar-refractivity contribution >= 4 is 28.7 Å². The van der Waals surface area contributed by atoms with Gasteiger partial charge in [-0.3, -0.25) is 4.57 Å². The maximum Gasteiger partial charge on any atom is 0.192 e. The molecule has 0 bridgehead atoms. The summed E-state index contributed by atoms with van der Waals surface area (Å²) in [5, 5.41) is 12.0. The van der Waals surface area contributed by atoms with Crippen LogP contribution >= 0.6 is 23.1 Å². The molecule has 0 amide bonds. The Morgan fingerprint density at radius 1 is 1.00 bits per heavy atom. The molecule has 0 saturated heterocycles.